The van der Waals surface area contributed by atoms with E-state index in [-0.39, 0.29) is 5.56 Å². The molecule has 4 nitrogen and oxygen atoms in total. The van der Waals surface area contributed by atoms with Crippen molar-refractivity contribution in [3.63, 3.8) is 0 Å². The molecule has 0 atom stereocenters. The van der Waals surface area contributed by atoms with Crippen molar-refractivity contribution in [3.05, 3.63) is 52.3 Å². The van der Waals surface area contributed by atoms with Gasteiger partial charge in [-0.15, -0.1) is 0 Å². The van der Waals surface area contributed by atoms with Crippen LogP contribution in [0.15, 0.2) is 41.2 Å². The van der Waals surface area contributed by atoms with Crippen molar-refractivity contribution in [3.8, 4) is 11.3 Å². The lowest BCUT2D eigenvalue weighted by Gasteiger charge is -2.07. The van der Waals surface area contributed by atoms with Crippen molar-refractivity contribution in [1.82, 2.24) is 9.78 Å². The topological polar surface area (TPSA) is 60.9 Å². The Morgan fingerprint density at radius 2 is 2.00 bits per heavy atom. The van der Waals surface area contributed by atoms with Crippen molar-refractivity contribution >= 4 is 0 Å². The van der Waals surface area contributed by atoms with Crippen molar-refractivity contribution in [1.29, 1.82) is 0 Å². The Bertz CT molecular complexity index is 575. The van der Waals surface area contributed by atoms with Crippen molar-refractivity contribution < 1.29 is 0 Å². The van der Waals surface area contributed by atoms with Gasteiger partial charge in [0.1, 0.15) is 0 Å². The first-order valence-electron chi connectivity index (χ1n) is 5.56. The number of benzene rings is 1. The average Bonchev–Trinajstić information content (AvgIpc) is 2.33. The van der Waals surface area contributed by atoms with Gasteiger partial charge in [-0.05, 0) is 18.6 Å². The molecular weight excluding hydrogens is 214 g/mol. The molecule has 0 saturated carbocycles. The fourth-order valence-corrected chi connectivity index (χ4v) is 1.74. The summed E-state index contributed by atoms with van der Waals surface area (Å²) in [6.07, 6.45) is 0. The third kappa shape index (κ3) is 2.42. The van der Waals surface area contributed by atoms with E-state index in [1.807, 2.05) is 31.2 Å². The zero-order valence-electron chi connectivity index (χ0n) is 9.76. The molecule has 0 aliphatic carbocycles. The summed E-state index contributed by atoms with van der Waals surface area (Å²) in [5.41, 5.74) is 8.31. The van der Waals surface area contributed by atoms with Crippen LogP contribution in [0.4, 0.5) is 0 Å². The third-order valence-corrected chi connectivity index (χ3v) is 2.63. The Morgan fingerprint density at radius 3 is 2.71 bits per heavy atom. The van der Waals surface area contributed by atoms with Crippen molar-refractivity contribution in [2.24, 2.45) is 5.73 Å². The molecular formula is C13H15N3O. The van der Waals surface area contributed by atoms with Gasteiger partial charge in [0.2, 0.25) is 0 Å². The molecule has 0 bridgehead atoms. The van der Waals surface area contributed by atoms with Gasteiger partial charge in [-0.1, -0.05) is 24.3 Å². The minimum absolute atomic E-state index is 0.118. The highest BCUT2D eigenvalue weighted by Crippen LogP contribution is 2.19. The number of rotatable bonds is 3. The van der Waals surface area contributed by atoms with E-state index in [9.17, 15) is 4.79 Å². The van der Waals surface area contributed by atoms with Gasteiger partial charge in [-0.3, -0.25) is 4.79 Å². The van der Waals surface area contributed by atoms with Gasteiger partial charge < -0.3 is 5.73 Å². The first kappa shape index (κ1) is 11.5. The second-order valence-electron chi connectivity index (χ2n) is 3.88. The Morgan fingerprint density at radius 1 is 1.24 bits per heavy atom. The molecule has 0 aliphatic heterocycles. The number of nitrogens with zero attached hydrogens (tertiary/aromatic N) is 2. The smallest absolute Gasteiger partial charge is 0.266 e. The summed E-state index contributed by atoms with van der Waals surface area (Å²) in [5.74, 6) is 0. The summed E-state index contributed by atoms with van der Waals surface area (Å²) in [7, 11) is 0. The molecule has 4 heteroatoms. The normalized spacial score (nSPS) is 10.5. The van der Waals surface area contributed by atoms with Crippen LogP contribution in [0.5, 0.6) is 0 Å². The summed E-state index contributed by atoms with van der Waals surface area (Å²) in [5, 5.41) is 4.32. The van der Waals surface area contributed by atoms with E-state index in [1.165, 1.54) is 10.7 Å². The summed E-state index contributed by atoms with van der Waals surface area (Å²) in [6, 6.07) is 11.2. The van der Waals surface area contributed by atoms with Gasteiger partial charge in [-0.2, -0.15) is 5.10 Å². The molecule has 0 fully saturated rings. The van der Waals surface area contributed by atoms with Crippen LogP contribution in [0.25, 0.3) is 11.3 Å². The number of nitrogens with two attached hydrogens (primary N) is 1. The standard InChI is InChI=1S/C13H15N3O/c1-10-4-2-3-5-11(10)12-6-7-13(17)16(15-12)9-8-14/h2-7H,8-9,14H2,1H3. The highest BCUT2D eigenvalue weighted by Gasteiger charge is 2.04. The van der Waals surface area contributed by atoms with E-state index in [0.717, 1.165) is 16.8 Å². The summed E-state index contributed by atoms with van der Waals surface area (Å²) in [4.78, 5) is 11.5. The zero-order chi connectivity index (χ0) is 12.3. The van der Waals surface area contributed by atoms with Gasteiger partial charge in [-0.25, -0.2) is 4.68 Å². The van der Waals surface area contributed by atoms with Crippen LogP contribution in [0, 0.1) is 6.92 Å². The van der Waals surface area contributed by atoms with E-state index in [1.54, 1.807) is 6.07 Å². The maximum atomic E-state index is 11.5. The van der Waals surface area contributed by atoms with E-state index in [4.69, 9.17) is 5.73 Å². The second-order valence-corrected chi connectivity index (χ2v) is 3.88. The predicted octanol–water partition coefficient (Wildman–Crippen LogP) is 1.18. The molecule has 17 heavy (non-hydrogen) atoms. The van der Waals surface area contributed by atoms with Gasteiger partial charge in [0.25, 0.3) is 5.56 Å². The summed E-state index contributed by atoms with van der Waals surface area (Å²) in [6.45, 7) is 2.87. The third-order valence-electron chi connectivity index (χ3n) is 2.63. The van der Waals surface area contributed by atoms with Crippen LogP contribution < -0.4 is 11.3 Å². The Hall–Kier alpha value is -1.94. The lowest BCUT2D eigenvalue weighted by molar-refractivity contribution is 0.590. The quantitative estimate of drug-likeness (QED) is 0.859. The van der Waals surface area contributed by atoms with Crippen molar-refractivity contribution in [2.75, 3.05) is 6.54 Å². The summed E-state index contributed by atoms with van der Waals surface area (Å²) < 4.78 is 1.40. The molecule has 1 aromatic carbocycles. The Labute approximate surface area is 99.7 Å². The number of hydrogen-bond acceptors (Lipinski definition) is 3. The average molecular weight is 229 g/mol. The van der Waals surface area contributed by atoms with Crippen LogP contribution in [0.1, 0.15) is 5.56 Å². The van der Waals surface area contributed by atoms with Crippen LogP contribution in [0.3, 0.4) is 0 Å². The van der Waals surface area contributed by atoms with E-state index >= 15 is 0 Å². The molecule has 1 heterocycles. The van der Waals surface area contributed by atoms with Gasteiger partial charge in [0.05, 0.1) is 12.2 Å². The first-order chi connectivity index (χ1) is 8.22. The maximum Gasteiger partial charge on any atom is 0.266 e. The Kier molecular flexibility index (Phi) is 3.35. The molecule has 1 aromatic heterocycles. The first-order valence-corrected chi connectivity index (χ1v) is 5.56. The van der Waals surface area contributed by atoms with Crippen molar-refractivity contribution in [2.45, 2.75) is 13.5 Å². The fourth-order valence-electron chi connectivity index (χ4n) is 1.74. The van der Waals surface area contributed by atoms with E-state index in [2.05, 4.69) is 5.10 Å². The molecule has 0 unspecified atom stereocenters. The second kappa shape index (κ2) is 4.93. The van der Waals surface area contributed by atoms with Gasteiger partial charge in [0, 0.05) is 18.2 Å². The molecule has 0 aliphatic rings. The predicted molar refractivity (Wildman–Crippen MR) is 67.7 cm³/mol. The molecule has 88 valence electrons. The van der Waals surface area contributed by atoms with Crippen LogP contribution in [0.2, 0.25) is 0 Å². The molecule has 2 aromatic rings. The van der Waals surface area contributed by atoms with Crippen LogP contribution in [-0.4, -0.2) is 16.3 Å². The molecule has 2 N–H and O–H groups in total. The molecule has 0 amide bonds. The highest BCUT2D eigenvalue weighted by molar-refractivity contribution is 5.62. The fraction of sp³-hybridized carbons (Fsp3) is 0.231. The SMILES string of the molecule is Cc1ccccc1-c1ccc(=O)n(CCN)n1. The lowest BCUT2D eigenvalue weighted by Crippen LogP contribution is -2.25. The summed E-state index contributed by atoms with van der Waals surface area (Å²) >= 11 is 0. The lowest BCUT2D eigenvalue weighted by atomic mass is 10.1. The largest absolute Gasteiger partial charge is 0.329 e. The molecule has 2 rings (SSSR count). The minimum atomic E-state index is -0.118. The Balaban J connectivity index is 2.50. The van der Waals surface area contributed by atoms with Gasteiger partial charge >= 0.3 is 0 Å². The maximum absolute atomic E-state index is 11.5. The zero-order valence-corrected chi connectivity index (χ0v) is 9.76. The highest BCUT2D eigenvalue weighted by atomic mass is 16.1. The van der Waals surface area contributed by atoms with E-state index in [0.29, 0.717) is 13.1 Å². The monoisotopic (exact) mass is 229 g/mol. The molecule has 0 spiro atoms. The minimum Gasteiger partial charge on any atom is -0.329 e. The van der Waals surface area contributed by atoms with E-state index < -0.39 is 0 Å². The molecule has 0 radical (unpaired) electrons. The number of aryl methyl sites for hydroxylation is 1. The number of hydrogen-bond donors (Lipinski definition) is 1. The molecule has 0 saturated heterocycles. The van der Waals surface area contributed by atoms with Crippen LogP contribution in [-0.2, 0) is 6.54 Å². The van der Waals surface area contributed by atoms with Crippen LogP contribution >= 0.6 is 0 Å². The van der Waals surface area contributed by atoms with Gasteiger partial charge in [0.15, 0.2) is 0 Å². The number of aromatic nitrogens is 2.